The maximum atomic E-state index is 12.7. The molecule has 0 spiro atoms. The molecular weight excluding hydrogens is 227 g/mol. The van der Waals surface area contributed by atoms with Gasteiger partial charge in [-0.1, -0.05) is 19.8 Å². The van der Waals surface area contributed by atoms with Gasteiger partial charge in [-0.3, -0.25) is 0 Å². The van der Waals surface area contributed by atoms with Crippen molar-refractivity contribution in [1.82, 2.24) is 5.32 Å². The first-order chi connectivity index (χ1) is 7.97. The highest BCUT2D eigenvalue weighted by Gasteiger charge is 2.43. The van der Waals surface area contributed by atoms with Gasteiger partial charge in [0.1, 0.15) is 0 Å². The number of rotatable bonds is 1. The van der Waals surface area contributed by atoms with Crippen molar-refractivity contribution in [1.29, 1.82) is 0 Å². The minimum absolute atomic E-state index is 0.0955. The Kier molecular flexibility index (Phi) is 4.01. The van der Waals surface area contributed by atoms with Gasteiger partial charge in [0.25, 0.3) is 0 Å². The molecule has 2 aliphatic rings. The fourth-order valence-corrected chi connectivity index (χ4v) is 3.45. The van der Waals surface area contributed by atoms with E-state index in [0.29, 0.717) is 24.8 Å². The van der Waals surface area contributed by atoms with Crippen LogP contribution < -0.4 is 5.32 Å². The molecule has 0 aromatic carbocycles. The molecule has 1 aliphatic heterocycles. The molecule has 0 aromatic rings. The van der Waals surface area contributed by atoms with Crippen LogP contribution in [0.2, 0.25) is 0 Å². The largest absolute Gasteiger partial charge is 0.391 e. The second-order valence-corrected chi connectivity index (χ2v) is 5.86. The van der Waals surface area contributed by atoms with Gasteiger partial charge in [0.05, 0.1) is 5.92 Å². The summed E-state index contributed by atoms with van der Waals surface area (Å²) in [6.45, 7) is 2.75. The summed E-state index contributed by atoms with van der Waals surface area (Å²) in [6, 6.07) is 0.0955. The van der Waals surface area contributed by atoms with E-state index in [2.05, 4.69) is 12.2 Å². The van der Waals surface area contributed by atoms with E-state index in [1.165, 1.54) is 12.8 Å². The standard InChI is InChI=1S/C13H22F3N/c1-9-3-2-4-10(7-9)12-8-11(5-6-17-12)13(14,15)16/h9-12,17H,2-8H2,1H3. The zero-order valence-corrected chi connectivity index (χ0v) is 10.4. The van der Waals surface area contributed by atoms with Crippen molar-refractivity contribution in [3.8, 4) is 0 Å². The molecule has 17 heavy (non-hydrogen) atoms. The lowest BCUT2D eigenvalue weighted by atomic mass is 9.75. The lowest BCUT2D eigenvalue weighted by Crippen LogP contribution is -2.47. The molecule has 0 aromatic heterocycles. The lowest BCUT2D eigenvalue weighted by molar-refractivity contribution is -0.184. The molecule has 1 saturated heterocycles. The fourth-order valence-electron chi connectivity index (χ4n) is 3.45. The third kappa shape index (κ3) is 3.36. The Morgan fingerprint density at radius 3 is 2.47 bits per heavy atom. The van der Waals surface area contributed by atoms with Crippen LogP contribution in [-0.4, -0.2) is 18.8 Å². The maximum absolute atomic E-state index is 12.7. The lowest BCUT2D eigenvalue weighted by Gasteiger charge is -2.39. The van der Waals surface area contributed by atoms with Gasteiger partial charge in [0.2, 0.25) is 0 Å². The summed E-state index contributed by atoms with van der Waals surface area (Å²) in [5.74, 6) is 0.0664. The first-order valence-electron chi connectivity index (χ1n) is 6.77. The molecule has 4 unspecified atom stereocenters. The van der Waals surface area contributed by atoms with Crippen LogP contribution in [0.5, 0.6) is 0 Å². The molecule has 1 nitrogen and oxygen atoms in total. The predicted octanol–water partition coefficient (Wildman–Crippen LogP) is 3.74. The zero-order chi connectivity index (χ0) is 12.5. The molecule has 0 amide bonds. The van der Waals surface area contributed by atoms with Crippen molar-refractivity contribution in [2.24, 2.45) is 17.8 Å². The summed E-state index contributed by atoms with van der Waals surface area (Å²) in [7, 11) is 0. The molecule has 100 valence electrons. The van der Waals surface area contributed by atoms with Crippen LogP contribution in [0.3, 0.4) is 0 Å². The van der Waals surface area contributed by atoms with Gasteiger partial charge in [-0.05, 0) is 44.1 Å². The highest BCUT2D eigenvalue weighted by atomic mass is 19.4. The van der Waals surface area contributed by atoms with E-state index in [1.54, 1.807) is 0 Å². The van der Waals surface area contributed by atoms with E-state index < -0.39 is 12.1 Å². The Labute approximate surface area is 101 Å². The Balaban J connectivity index is 1.92. The predicted molar refractivity (Wildman–Crippen MR) is 61.7 cm³/mol. The van der Waals surface area contributed by atoms with Crippen LogP contribution >= 0.6 is 0 Å². The van der Waals surface area contributed by atoms with Gasteiger partial charge in [0, 0.05) is 6.04 Å². The van der Waals surface area contributed by atoms with E-state index in [1.807, 2.05) is 0 Å². The third-order valence-corrected chi connectivity index (χ3v) is 4.45. The van der Waals surface area contributed by atoms with Crippen LogP contribution in [-0.2, 0) is 0 Å². The van der Waals surface area contributed by atoms with E-state index in [-0.39, 0.29) is 12.5 Å². The zero-order valence-electron chi connectivity index (χ0n) is 10.4. The second-order valence-electron chi connectivity index (χ2n) is 5.86. The fraction of sp³-hybridized carbons (Fsp3) is 1.00. The summed E-state index contributed by atoms with van der Waals surface area (Å²) in [6.07, 6.45) is 1.17. The van der Waals surface area contributed by atoms with Gasteiger partial charge >= 0.3 is 6.18 Å². The second kappa shape index (κ2) is 5.17. The highest BCUT2D eigenvalue weighted by molar-refractivity contribution is 4.88. The number of hydrogen-bond donors (Lipinski definition) is 1. The monoisotopic (exact) mass is 249 g/mol. The maximum Gasteiger partial charge on any atom is 0.391 e. The topological polar surface area (TPSA) is 12.0 Å². The first kappa shape index (κ1) is 13.2. The Morgan fingerprint density at radius 1 is 1.06 bits per heavy atom. The number of piperidine rings is 1. The van der Waals surface area contributed by atoms with Crippen LogP contribution in [0, 0.1) is 17.8 Å². The van der Waals surface area contributed by atoms with Crippen molar-refractivity contribution in [3.05, 3.63) is 0 Å². The molecule has 0 bridgehead atoms. The molecular formula is C13H22F3N. The van der Waals surface area contributed by atoms with Crippen molar-refractivity contribution in [3.63, 3.8) is 0 Å². The summed E-state index contributed by atoms with van der Waals surface area (Å²) in [5.41, 5.74) is 0. The molecule has 2 fully saturated rings. The Morgan fingerprint density at radius 2 is 1.82 bits per heavy atom. The SMILES string of the molecule is CC1CCCC(C2CC(C(F)(F)F)CCN2)C1. The minimum Gasteiger partial charge on any atom is -0.314 e. The quantitative estimate of drug-likeness (QED) is 0.746. The number of hydrogen-bond acceptors (Lipinski definition) is 1. The number of alkyl halides is 3. The number of nitrogens with one attached hydrogen (secondary N) is 1. The molecule has 1 aliphatic carbocycles. The summed E-state index contributed by atoms with van der Waals surface area (Å²) in [5, 5.41) is 3.31. The molecule has 4 heteroatoms. The van der Waals surface area contributed by atoms with E-state index >= 15 is 0 Å². The van der Waals surface area contributed by atoms with Gasteiger partial charge in [0.15, 0.2) is 0 Å². The van der Waals surface area contributed by atoms with E-state index in [4.69, 9.17) is 0 Å². The third-order valence-electron chi connectivity index (χ3n) is 4.45. The molecule has 1 saturated carbocycles. The van der Waals surface area contributed by atoms with Crippen molar-refractivity contribution < 1.29 is 13.2 Å². The van der Waals surface area contributed by atoms with Crippen molar-refractivity contribution in [2.75, 3.05) is 6.54 Å². The van der Waals surface area contributed by atoms with Crippen LogP contribution in [0.25, 0.3) is 0 Å². The molecule has 1 N–H and O–H groups in total. The summed E-state index contributed by atoms with van der Waals surface area (Å²) < 4.78 is 38.2. The van der Waals surface area contributed by atoms with Crippen LogP contribution in [0.4, 0.5) is 13.2 Å². The van der Waals surface area contributed by atoms with Gasteiger partial charge in [-0.15, -0.1) is 0 Å². The average molecular weight is 249 g/mol. The van der Waals surface area contributed by atoms with Gasteiger partial charge < -0.3 is 5.32 Å². The van der Waals surface area contributed by atoms with E-state index in [9.17, 15) is 13.2 Å². The average Bonchev–Trinajstić information content (AvgIpc) is 2.28. The van der Waals surface area contributed by atoms with E-state index in [0.717, 1.165) is 12.8 Å². The van der Waals surface area contributed by atoms with Gasteiger partial charge in [-0.25, -0.2) is 0 Å². The smallest absolute Gasteiger partial charge is 0.314 e. The van der Waals surface area contributed by atoms with Gasteiger partial charge in [-0.2, -0.15) is 13.2 Å². The number of halogens is 3. The summed E-state index contributed by atoms with van der Waals surface area (Å²) in [4.78, 5) is 0. The van der Waals surface area contributed by atoms with Crippen molar-refractivity contribution >= 4 is 0 Å². The Bertz CT molecular complexity index is 252. The molecule has 2 rings (SSSR count). The summed E-state index contributed by atoms with van der Waals surface area (Å²) >= 11 is 0. The molecule has 1 heterocycles. The molecule has 0 radical (unpaired) electrons. The first-order valence-corrected chi connectivity index (χ1v) is 6.77. The van der Waals surface area contributed by atoms with Crippen molar-refractivity contribution in [2.45, 2.75) is 57.7 Å². The Hall–Kier alpha value is -0.250. The minimum atomic E-state index is -4.00. The van der Waals surface area contributed by atoms with Crippen LogP contribution in [0.15, 0.2) is 0 Å². The highest BCUT2D eigenvalue weighted by Crippen LogP contribution is 2.39. The molecule has 4 atom stereocenters. The normalized spacial score (nSPS) is 40.2. The van der Waals surface area contributed by atoms with Crippen LogP contribution in [0.1, 0.15) is 45.4 Å².